The Kier molecular flexibility index (Phi) is 3.80. The lowest BCUT2D eigenvalue weighted by Gasteiger charge is -2.28. The van der Waals surface area contributed by atoms with Crippen LogP contribution in [0.2, 0.25) is 0 Å². The van der Waals surface area contributed by atoms with E-state index in [0.717, 1.165) is 38.2 Å². The van der Waals surface area contributed by atoms with Gasteiger partial charge in [-0.25, -0.2) is 0 Å². The van der Waals surface area contributed by atoms with Crippen molar-refractivity contribution in [1.29, 1.82) is 5.26 Å². The minimum Gasteiger partial charge on any atom is -0.297 e. The topological polar surface area (TPSA) is 44.9 Å². The van der Waals surface area contributed by atoms with Crippen molar-refractivity contribution in [3.05, 3.63) is 18.0 Å². The maximum Gasteiger partial charge on any atom is 0.0764 e. The molecule has 1 fully saturated rings. The highest BCUT2D eigenvalue weighted by molar-refractivity contribution is 5.00. The summed E-state index contributed by atoms with van der Waals surface area (Å²) in [6, 6.07) is 4.88. The maximum absolute atomic E-state index is 8.85. The molecule has 0 spiro atoms. The molecule has 1 aromatic heterocycles. The zero-order valence-electron chi connectivity index (χ0n) is 10.6. The van der Waals surface area contributed by atoms with E-state index in [1.807, 2.05) is 10.9 Å². The molecule has 17 heavy (non-hydrogen) atoms. The summed E-state index contributed by atoms with van der Waals surface area (Å²) in [7, 11) is 0. The summed E-state index contributed by atoms with van der Waals surface area (Å²) in [4.78, 5) is 2.39. The van der Waals surface area contributed by atoms with E-state index in [2.05, 4.69) is 36.0 Å². The van der Waals surface area contributed by atoms with Gasteiger partial charge in [0.15, 0.2) is 0 Å². The van der Waals surface area contributed by atoms with Gasteiger partial charge < -0.3 is 0 Å². The van der Waals surface area contributed by atoms with Gasteiger partial charge in [0.2, 0.25) is 0 Å². The van der Waals surface area contributed by atoms with Crippen molar-refractivity contribution in [3.63, 3.8) is 0 Å². The van der Waals surface area contributed by atoms with Gasteiger partial charge in [0.05, 0.1) is 11.8 Å². The lowest BCUT2D eigenvalue weighted by molar-refractivity contribution is 0.195. The summed E-state index contributed by atoms with van der Waals surface area (Å²) in [5.41, 5.74) is 1.13. The molecule has 0 bridgehead atoms. The Balaban J connectivity index is 1.87. The molecule has 4 heteroatoms. The summed E-state index contributed by atoms with van der Waals surface area (Å²) in [6.07, 6.45) is 4.05. The predicted molar refractivity (Wildman–Crippen MR) is 66.2 cm³/mol. The summed E-state index contributed by atoms with van der Waals surface area (Å²) >= 11 is 0. The summed E-state index contributed by atoms with van der Waals surface area (Å²) in [5, 5.41) is 13.4. The highest BCUT2D eigenvalue weighted by Gasteiger charge is 2.19. The van der Waals surface area contributed by atoms with Crippen LogP contribution in [-0.2, 0) is 6.54 Å². The van der Waals surface area contributed by atoms with Crippen molar-refractivity contribution in [2.24, 2.45) is 5.92 Å². The zero-order valence-corrected chi connectivity index (χ0v) is 10.6. The quantitative estimate of drug-likeness (QED) is 0.802. The monoisotopic (exact) mass is 232 g/mol. The van der Waals surface area contributed by atoms with Crippen LogP contribution in [0.5, 0.6) is 0 Å². The summed E-state index contributed by atoms with van der Waals surface area (Å²) in [6.45, 7) is 7.22. The van der Waals surface area contributed by atoms with Gasteiger partial charge in [0.25, 0.3) is 0 Å². The van der Waals surface area contributed by atoms with Crippen LogP contribution >= 0.6 is 0 Å². The molecule has 0 aromatic carbocycles. The van der Waals surface area contributed by atoms with E-state index in [1.165, 1.54) is 0 Å². The fraction of sp³-hybridized carbons (Fsp3) is 0.692. The number of hydrogen-bond donors (Lipinski definition) is 0. The van der Waals surface area contributed by atoms with Gasteiger partial charge in [-0.05, 0) is 45.8 Å². The molecule has 1 aromatic rings. The second-order valence-corrected chi connectivity index (χ2v) is 5.06. The average molecular weight is 232 g/mol. The van der Waals surface area contributed by atoms with E-state index in [0.29, 0.717) is 6.04 Å². The van der Waals surface area contributed by atoms with Crippen molar-refractivity contribution in [1.82, 2.24) is 14.7 Å². The molecule has 0 aliphatic carbocycles. The first-order valence-corrected chi connectivity index (χ1v) is 6.35. The number of likely N-dealkylation sites (tertiary alicyclic amines) is 1. The molecule has 0 saturated carbocycles. The molecular formula is C13H20N4. The second kappa shape index (κ2) is 5.33. The van der Waals surface area contributed by atoms with Gasteiger partial charge in [-0.1, -0.05) is 0 Å². The van der Waals surface area contributed by atoms with E-state index < -0.39 is 0 Å². The fourth-order valence-electron chi connectivity index (χ4n) is 2.20. The molecule has 0 unspecified atom stereocenters. The van der Waals surface area contributed by atoms with Crippen LogP contribution in [0.15, 0.2) is 12.3 Å². The molecule has 0 amide bonds. The molecule has 2 rings (SSSR count). The van der Waals surface area contributed by atoms with Gasteiger partial charge >= 0.3 is 0 Å². The SMILES string of the molecule is CC(C)n1ccc(CN2CCC(C#N)CC2)n1. The normalized spacial score (nSPS) is 18.5. The van der Waals surface area contributed by atoms with Crippen LogP contribution in [0.1, 0.15) is 38.4 Å². The Bertz CT molecular complexity index is 394. The van der Waals surface area contributed by atoms with Gasteiger partial charge in [0, 0.05) is 24.7 Å². The fourth-order valence-corrected chi connectivity index (χ4v) is 2.20. The number of nitrogens with zero attached hydrogens (tertiary/aromatic N) is 4. The number of piperidine rings is 1. The standard InChI is InChI=1S/C13H20N4/c1-11(2)17-8-5-13(15-17)10-16-6-3-12(9-14)4-7-16/h5,8,11-12H,3-4,6-7,10H2,1-2H3. The summed E-state index contributed by atoms with van der Waals surface area (Å²) in [5.74, 6) is 0.263. The molecule has 0 N–H and O–H groups in total. The molecule has 1 aliphatic rings. The predicted octanol–water partition coefficient (Wildman–Crippen LogP) is 2.20. The smallest absolute Gasteiger partial charge is 0.0764 e. The molecule has 4 nitrogen and oxygen atoms in total. The van der Waals surface area contributed by atoms with Gasteiger partial charge in [-0.2, -0.15) is 10.4 Å². The van der Waals surface area contributed by atoms with E-state index in [9.17, 15) is 0 Å². The molecule has 2 heterocycles. The highest BCUT2D eigenvalue weighted by Crippen LogP contribution is 2.17. The van der Waals surface area contributed by atoms with Crippen LogP contribution < -0.4 is 0 Å². The third-order valence-corrected chi connectivity index (χ3v) is 3.35. The van der Waals surface area contributed by atoms with E-state index in [1.54, 1.807) is 0 Å². The molecule has 92 valence electrons. The largest absolute Gasteiger partial charge is 0.297 e. The van der Waals surface area contributed by atoms with Gasteiger partial charge in [-0.3, -0.25) is 9.58 Å². The van der Waals surface area contributed by atoms with E-state index in [4.69, 9.17) is 5.26 Å². The van der Waals surface area contributed by atoms with Crippen LogP contribution in [-0.4, -0.2) is 27.8 Å². The number of hydrogen-bond acceptors (Lipinski definition) is 3. The number of aromatic nitrogens is 2. The lowest BCUT2D eigenvalue weighted by atomic mass is 9.98. The van der Waals surface area contributed by atoms with Crippen LogP contribution in [0.4, 0.5) is 0 Å². The van der Waals surface area contributed by atoms with E-state index >= 15 is 0 Å². The minimum atomic E-state index is 0.263. The summed E-state index contributed by atoms with van der Waals surface area (Å²) < 4.78 is 2.00. The first kappa shape index (κ1) is 12.1. The molecule has 1 saturated heterocycles. The Hall–Kier alpha value is -1.34. The lowest BCUT2D eigenvalue weighted by Crippen LogP contribution is -2.32. The average Bonchev–Trinajstić information content (AvgIpc) is 2.79. The number of nitriles is 1. The Morgan fingerprint density at radius 2 is 2.18 bits per heavy atom. The van der Waals surface area contributed by atoms with Crippen molar-refractivity contribution < 1.29 is 0 Å². The first-order valence-electron chi connectivity index (χ1n) is 6.35. The molecule has 0 radical (unpaired) electrons. The molecular weight excluding hydrogens is 212 g/mol. The van der Waals surface area contributed by atoms with Crippen molar-refractivity contribution >= 4 is 0 Å². The zero-order chi connectivity index (χ0) is 12.3. The third-order valence-electron chi connectivity index (χ3n) is 3.35. The highest BCUT2D eigenvalue weighted by atomic mass is 15.3. The minimum absolute atomic E-state index is 0.263. The van der Waals surface area contributed by atoms with Crippen LogP contribution in [0, 0.1) is 17.2 Å². The first-order chi connectivity index (χ1) is 8.19. The van der Waals surface area contributed by atoms with Gasteiger partial charge in [-0.15, -0.1) is 0 Å². The molecule has 0 atom stereocenters. The van der Waals surface area contributed by atoms with Crippen molar-refractivity contribution in [3.8, 4) is 6.07 Å². The van der Waals surface area contributed by atoms with Crippen molar-refractivity contribution in [2.75, 3.05) is 13.1 Å². The Morgan fingerprint density at radius 3 is 2.71 bits per heavy atom. The number of rotatable bonds is 3. The third kappa shape index (κ3) is 3.07. The molecule has 1 aliphatic heterocycles. The Labute approximate surface area is 103 Å². The van der Waals surface area contributed by atoms with Gasteiger partial charge in [0.1, 0.15) is 0 Å². The van der Waals surface area contributed by atoms with Crippen LogP contribution in [0.25, 0.3) is 0 Å². The second-order valence-electron chi connectivity index (χ2n) is 5.06. The maximum atomic E-state index is 8.85. The Morgan fingerprint density at radius 1 is 1.47 bits per heavy atom. The van der Waals surface area contributed by atoms with Crippen molar-refractivity contribution in [2.45, 2.75) is 39.3 Å². The van der Waals surface area contributed by atoms with E-state index in [-0.39, 0.29) is 5.92 Å². The van der Waals surface area contributed by atoms with Crippen LogP contribution in [0.3, 0.4) is 0 Å².